The molecule has 1 saturated heterocycles. The van der Waals surface area contributed by atoms with Crippen LogP contribution in [-0.2, 0) is 15.7 Å². The number of rotatable bonds is 4. The van der Waals surface area contributed by atoms with Crippen LogP contribution in [0.5, 0.6) is 0 Å². The molecule has 1 fully saturated rings. The Balaban J connectivity index is 1.83. The zero-order valence-corrected chi connectivity index (χ0v) is 19.1. The molecule has 3 atom stereocenters. The Morgan fingerprint density at radius 1 is 1.00 bits per heavy atom. The number of halogens is 3. The molecule has 2 amide bonds. The van der Waals surface area contributed by atoms with Crippen LogP contribution in [0, 0.1) is 5.92 Å². The van der Waals surface area contributed by atoms with Gasteiger partial charge in [0.25, 0.3) is 0 Å². The summed E-state index contributed by atoms with van der Waals surface area (Å²) in [5.74, 6) is -1.34. The van der Waals surface area contributed by atoms with Gasteiger partial charge in [-0.3, -0.25) is 4.79 Å². The second-order valence-corrected chi connectivity index (χ2v) is 9.36. The number of hydrogen-bond donors (Lipinski definition) is 1. The number of nitrogens with zero attached hydrogens (tertiary/aromatic N) is 1. The van der Waals surface area contributed by atoms with Gasteiger partial charge >= 0.3 is 12.3 Å². The first kappa shape index (κ1) is 24.6. The van der Waals surface area contributed by atoms with E-state index in [2.05, 4.69) is 5.32 Å². The number of ether oxygens (including phenoxy) is 1. The third-order valence-corrected chi connectivity index (χ3v) is 5.63. The quantitative estimate of drug-likeness (QED) is 0.650. The number of nitrogens with one attached hydrogen (secondary N) is 1. The Hall–Kier alpha value is -3.03. The van der Waals surface area contributed by atoms with Gasteiger partial charge in [-0.25, -0.2) is 4.79 Å². The third-order valence-electron chi connectivity index (χ3n) is 5.63. The van der Waals surface area contributed by atoms with Crippen LogP contribution in [0.1, 0.15) is 56.3 Å². The zero-order valence-electron chi connectivity index (χ0n) is 19.1. The van der Waals surface area contributed by atoms with Crippen molar-refractivity contribution >= 4 is 12.0 Å². The predicted octanol–water partition coefficient (Wildman–Crippen LogP) is 5.53. The van der Waals surface area contributed by atoms with E-state index in [0.717, 1.165) is 17.7 Å². The Kier molecular flexibility index (Phi) is 7.05. The van der Waals surface area contributed by atoms with Gasteiger partial charge in [-0.2, -0.15) is 13.2 Å². The van der Waals surface area contributed by atoms with E-state index in [0.29, 0.717) is 5.56 Å². The van der Waals surface area contributed by atoms with Crippen LogP contribution < -0.4 is 5.32 Å². The maximum atomic E-state index is 13.2. The molecular formula is C25H29F3N2O3. The van der Waals surface area contributed by atoms with Gasteiger partial charge in [0.2, 0.25) is 5.91 Å². The highest BCUT2D eigenvalue weighted by Crippen LogP contribution is 2.36. The van der Waals surface area contributed by atoms with Crippen LogP contribution >= 0.6 is 0 Å². The molecular weight excluding hydrogens is 433 g/mol. The first-order valence-electron chi connectivity index (χ1n) is 10.9. The normalized spacial score (nSPS) is 19.8. The third kappa shape index (κ3) is 6.27. The average molecular weight is 463 g/mol. The summed E-state index contributed by atoms with van der Waals surface area (Å²) in [6.45, 7) is 7.41. The molecule has 8 heteroatoms. The zero-order chi connectivity index (χ0) is 24.4. The van der Waals surface area contributed by atoms with E-state index >= 15 is 0 Å². The topological polar surface area (TPSA) is 58.6 Å². The van der Waals surface area contributed by atoms with Gasteiger partial charge in [0, 0.05) is 19.0 Å². The molecule has 5 nitrogen and oxygen atoms in total. The Morgan fingerprint density at radius 3 is 2.15 bits per heavy atom. The number of likely N-dealkylation sites (tertiary alicyclic amines) is 1. The summed E-state index contributed by atoms with van der Waals surface area (Å²) >= 11 is 0. The van der Waals surface area contributed by atoms with E-state index in [9.17, 15) is 22.8 Å². The molecule has 3 rings (SSSR count). The van der Waals surface area contributed by atoms with E-state index in [1.54, 1.807) is 20.8 Å². The lowest BCUT2D eigenvalue weighted by Gasteiger charge is -2.24. The highest BCUT2D eigenvalue weighted by molar-refractivity contribution is 5.82. The van der Waals surface area contributed by atoms with Crippen LogP contribution in [0.4, 0.5) is 18.0 Å². The number of alkyl halides is 3. The molecule has 2 aromatic carbocycles. The van der Waals surface area contributed by atoms with Gasteiger partial charge in [0.1, 0.15) is 5.60 Å². The Labute approximate surface area is 191 Å². The standard InChI is InChI=1S/C25H29F3N2O3/c1-16(17-8-6-5-7-9-17)29-22(31)21-15-30(23(32)33-24(2,3)4)14-20(21)18-10-12-19(13-11-18)25(26,27)28/h5-13,16,20-21H,14-15H2,1-4H3,(H,29,31)/t16-,20?,21?/m0/s1. The van der Waals surface area contributed by atoms with Gasteiger partial charge in [-0.1, -0.05) is 42.5 Å². The van der Waals surface area contributed by atoms with Crippen LogP contribution in [0.15, 0.2) is 54.6 Å². The first-order valence-corrected chi connectivity index (χ1v) is 10.9. The highest BCUT2D eigenvalue weighted by Gasteiger charge is 2.42. The van der Waals surface area contributed by atoms with Gasteiger partial charge in [-0.15, -0.1) is 0 Å². The summed E-state index contributed by atoms with van der Waals surface area (Å²) < 4.78 is 44.4. The summed E-state index contributed by atoms with van der Waals surface area (Å²) in [6.07, 6.45) is -5.00. The molecule has 0 saturated carbocycles. The smallest absolute Gasteiger partial charge is 0.416 e. The number of carbonyl (C=O) groups excluding carboxylic acids is 2. The maximum Gasteiger partial charge on any atom is 0.416 e. The van der Waals surface area contributed by atoms with Gasteiger partial charge in [-0.05, 0) is 51.0 Å². The van der Waals surface area contributed by atoms with E-state index < -0.39 is 35.3 Å². The Bertz CT molecular complexity index is 969. The van der Waals surface area contributed by atoms with Crippen molar-refractivity contribution in [2.45, 2.75) is 51.4 Å². The van der Waals surface area contributed by atoms with Crippen molar-refractivity contribution in [3.8, 4) is 0 Å². The highest BCUT2D eigenvalue weighted by atomic mass is 19.4. The van der Waals surface area contributed by atoms with E-state index in [-0.39, 0.29) is 25.0 Å². The van der Waals surface area contributed by atoms with Crippen LogP contribution in [-0.4, -0.2) is 35.6 Å². The SMILES string of the molecule is C[C@H](NC(=O)C1CN(C(=O)OC(C)(C)C)CC1c1ccc(C(F)(F)F)cc1)c1ccccc1. The van der Waals surface area contributed by atoms with Crippen molar-refractivity contribution in [2.75, 3.05) is 13.1 Å². The van der Waals surface area contributed by atoms with Crippen LogP contribution in [0.25, 0.3) is 0 Å². The van der Waals surface area contributed by atoms with Crippen molar-refractivity contribution in [1.82, 2.24) is 10.2 Å². The van der Waals surface area contributed by atoms with Gasteiger partial charge < -0.3 is 15.0 Å². The molecule has 2 unspecified atom stereocenters. The summed E-state index contributed by atoms with van der Waals surface area (Å²) in [6, 6.07) is 14.0. The number of benzene rings is 2. The van der Waals surface area contributed by atoms with Crippen molar-refractivity contribution in [3.05, 3.63) is 71.3 Å². The molecule has 0 aromatic heterocycles. The largest absolute Gasteiger partial charge is 0.444 e. The number of carbonyl (C=O) groups is 2. The average Bonchev–Trinajstić information content (AvgIpc) is 3.18. The molecule has 1 aliphatic rings. The van der Waals surface area contributed by atoms with Crippen LogP contribution in [0.2, 0.25) is 0 Å². The molecule has 2 aromatic rings. The van der Waals surface area contributed by atoms with Crippen LogP contribution in [0.3, 0.4) is 0 Å². The van der Waals surface area contributed by atoms with Gasteiger partial charge in [0.15, 0.2) is 0 Å². The fraction of sp³-hybridized carbons (Fsp3) is 0.440. The van der Waals surface area contributed by atoms with E-state index in [4.69, 9.17) is 4.74 Å². The van der Waals surface area contributed by atoms with Crippen molar-refractivity contribution in [2.24, 2.45) is 5.92 Å². The minimum absolute atomic E-state index is 0.119. The molecule has 178 valence electrons. The fourth-order valence-electron chi connectivity index (χ4n) is 3.95. The molecule has 1 N–H and O–H groups in total. The molecule has 0 bridgehead atoms. The second kappa shape index (κ2) is 9.45. The van der Waals surface area contributed by atoms with Crippen molar-refractivity contribution in [3.63, 3.8) is 0 Å². The summed E-state index contributed by atoms with van der Waals surface area (Å²) in [4.78, 5) is 27.3. The van der Waals surface area contributed by atoms with E-state index in [1.807, 2.05) is 37.3 Å². The molecule has 1 aliphatic heterocycles. The summed E-state index contributed by atoms with van der Waals surface area (Å²) in [5, 5.41) is 2.98. The molecule has 1 heterocycles. The number of amides is 2. The number of hydrogen-bond acceptors (Lipinski definition) is 3. The summed E-state index contributed by atoms with van der Waals surface area (Å²) in [5.41, 5.74) is 0.0378. The molecule has 0 aliphatic carbocycles. The van der Waals surface area contributed by atoms with Crippen molar-refractivity contribution < 1.29 is 27.5 Å². The minimum Gasteiger partial charge on any atom is -0.444 e. The lowest BCUT2D eigenvalue weighted by Crippen LogP contribution is -2.38. The minimum atomic E-state index is -4.45. The summed E-state index contributed by atoms with van der Waals surface area (Å²) in [7, 11) is 0. The maximum absolute atomic E-state index is 13.2. The molecule has 0 spiro atoms. The lowest BCUT2D eigenvalue weighted by atomic mass is 9.87. The molecule has 0 radical (unpaired) electrons. The second-order valence-electron chi connectivity index (χ2n) is 9.36. The van der Waals surface area contributed by atoms with Gasteiger partial charge in [0.05, 0.1) is 17.5 Å². The monoisotopic (exact) mass is 462 g/mol. The fourth-order valence-corrected chi connectivity index (χ4v) is 3.95. The van der Waals surface area contributed by atoms with Crippen molar-refractivity contribution in [1.29, 1.82) is 0 Å². The van der Waals surface area contributed by atoms with E-state index in [1.165, 1.54) is 17.0 Å². The predicted molar refractivity (Wildman–Crippen MR) is 118 cm³/mol. The first-order chi connectivity index (χ1) is 15.3. The lowest BCUT2D eigenvalue weighted by molar-refractivity contribution is -0.137. The molecule has 33 heavy (non-hydrogen) atoms. The Morgan fingerprint density at radius 2 is 1.61 bits per heavy atom.